The van der Waals surface area contributed by atoms with Crippen LogP contribution in [0.1, 0.15) is 65.6 Å². The summed E-state index contributed by atoms with van der Waals surface area (Å²) in [4.78, 5) is 31.9. The quantitative estimate of drug-likeness (QED) is 0.127. The van der Waals surface area contributed by atoms with Crippen LogP contribution in [0.3, 0.4) is 0 Å². The number of likely N-dealkylation sites (N-methyl/N-ethyl adjacent to an activating group) is 1. The summed E-state index contributed by atoms with van der Waals surface area (Å²) in [5.41, 5.74) is 0.0375. The van der Waals surface area contributed by atoms with Crippen LogP contribution in [0.2, 0.25) is 0 Å². The van der Waals surface area contributed by atoms with E-state index in [1.807, 2.05) is 55.5 Å². The van der Waals surface area contributed by atoms with Crippen molar-refractivity contribution < 1.29 is 32.2 Å². The number of hydrogen-bond acceptors (Lipinski definition) is 8. The zero-order valence-corrected chi connectivity index (χ0v) is 30.2. The number of aromatic nitrogens is 1. The number of amides is 2. The Morgan fingerprint density at radius 2 is 1.56 bits per heavy atom. The van der Waals surface area contributed by atoms with Gasteiger partial charge in [-0.05, 0) is 80.5 Å². The molecule has 1 N–H and O–H groups in total. The van der Waals surface area contributed by atoms with Crippen LogP contribution in [0.4, 0.5) is 24.5 Å². The summed E-state index contributed by atoms with van der Waals surface area (Å²) in [5, 5.41) is 12.0. The van der Waals surface area contributed by atoms with Gasteiger partial charge in [-0.25, -0.2) is 4.98 Å². The maximum Gasteiger partial charge on any atom is 0.419 e. The number of nitriles is 1. The first-order valence-electron chi connectivity index (χ1n) is 16.1. The van der Waals surface area contributed by atoms with Gasteiger partial charge in [0.2, 0.25) is 5.91 Å². The number of alkyl halides is 3. The lowest BCUT2D eigenvalue weighted by atomic mass is 9.88. The standard InChI is InChI=1S/C37H44F3N5O4S/c1-25(35(2,3)4)43-33(46)23-48-18-8-9-19-49-30-16-12-27(13-17-30)26-10-14-28(15-11-26)44(7)36(5,6)34(47)45(24-50)29-20-31(37(38,39)40)32(21-41)42-22-29/h10-17,20,22,24-25H,8-9,18-19,23H2,1-7H3,(H,43,46). The van der Waals surface area contributed by atoms with E-state index >= 15 is 0 Å². The van der Waals surface area contributed by atoms with Crippen molar-refractivity contribution in [1.29, 1.82) is 5.26 Å². The van der Waals surface area contributed by atoms with Gasteiger partial charge < -0.3 is 19.7 Å². The predicted molar refractivity (Wildman–Crippen MR) is 192 cm³/mol. The molecule has 0 aliphatic carbocycles. The number of carbonyl (C=O) groups excluding carboxylic acids is 2. The molecule has 0 saturated carbocycles. The second-order valence-electron chi connectivity index (χ2n) is 13.4. The van der Waals surface area contributed by atoms with Crippen molar-refractivity contribution in [2.24, 2.45) is 5.41 Å². The number of ether oxygens (including phenoxy) is 2. The van der Waals surface area contributed by atoms with Gasteiger partial charge in [-0.15, -0.1) is 0 Å². The van der Waals surface area contributed by atoms with Crippen LogP contribution >= 0.6 is 12.2 Å². The van der Waals surface area contributed by atoms with Crippen molar-refractivity contribution in [3.05, 3.63) is 72.1 Å². The molecule has 2 amide bonds. The molecule has 1 unspecified atom stereocenters. The molecule has 268 valence electrons. The van der Waals surface area contributed by atoms with Gasteiger partial charge in [0.1, 0.15) is 24.0 Å². The molecule has 0 saturated heterocycles. The number of nitrogens with one attached hydrogen (secondary N) is 1. The molecule has 13 heteroatoms. The smallest absolute Gasteiger partial charge is 0.419 e. The van der Waals surface area contributed by atoms with Gasteiger partial charge in [0, 0.05) is 25.4 Å². The van der Waals surface area contributed by atoms with Crippen LogP contribution in [0.25, 0.3) is 11.1 Å². The zero-order chi connectivity index (χ0) is 37.3. The van der Waals surface area contributed by atoms with Crippen LogP contribution in [0.5, 0.6) is 5.75 Å². The number of unbranched alkanes of at least 4 members (excludes halogenated alkanes) is 1. The Kier molecular flexibility index (Phi) is 13.5. The number of anilines is 2. The number of nitrogens with zero attached hydrogens (tertiary/aromatic N) is 4. The highest BCUT2D eigenvalue weighted by Gasteiger charge is 2.39. The normalized spacial score (nSPS) is 12.4. The average molecular weight is 712 g/mol. The van der Waals surface area contributed by atoms with Crippen molar-refractivity contribution in [2.45, 2.75) is 72.1 Å². The van der Waals surface area contributed by atoms with Gasteiger partial charge in [-0.3, -0.25) is 14.5 Å². The summed E-state index contributed by atoms with van der Waals surface area (Å²) in [6, 6.07) is 17.3. The summed E-state index contributed by atoms with van der Waals surface area (Å²) in [6.45, 7) is 12.5. The van der Waals surface area contributed by atoms with E-state index in [-0.39, 0.29) is 29.7 Å². The van der Waals surface area contributed by atoms with Gasteiger partial charge in [0.05, 0.1) is 29.5 Å². The Morgan fingerprint density at radius 1 is 0.980 bits per heavy atom. The number of halogens is 3. The lowest BCUT2D eigenvalue weighted by Gasteiger charge is -2.38. The summed E-state index contributed by atoms with van der Waals surface area (Å²) in [6.07, 6.45) is -2.28. The lowest BCUT2D eigenvalue weighted by molar-refractivity contribution is -0.138. The SMILES string of the molecule is CC(NC(=O)COCCCCOc1ccc(-c2ccc(N(C)C(C)(C)C(=O)N(C=S)c3cnc(C#N)c(C(F)(F)F)c3)cc2)cc1)C(C)(C)C. The van der Waals surface area contributed by atoms with E-state index in [1.54, 1.807) is 25.8 Å². The van der Waals surface area contributed by atoms with E-state index in [4.69, 9.17) is 27.0 Å². The van der Waals surface area contributed by atoms with E-state index in [0.717, 1.165) is 46.3 Å². The third-order valence-electron chi connectivity index (χ3n) is 8.55. The highest BCUT2D eigenvalue weighted by Crippen LogP contribution is 2.35. The Bertz CT molecular complexity index is 1670. The van der Waals surface area contributed by atoms with Gasteiger partial charge in [0.15, 0.2) is 5.69 Å². The third kappa shape index (κ3) is 10.5. The molecule has 9 nitrogen and oxygen atoms in total. The summed E-state index contributed by atoms with van der Waals surface area (Å²) < 4.78 is 52.0. The third-order valence-corrected chi connectivity index (χ3v) is 8.76. The molecule has 0 fully saturated rings. The Labute approximate surface area is 297 Å². The summed E-state index contributed by atoms with van der Waals surface area (Å²) in [7, 11) is 1.70. The second kappa shape index (κ2) is 16.9. The summed E-state index contributed by atoms with van der Waals surface area (Å²) in [5.74, 6) is 0.0191. The lowest BCUT2D eigenvalue weighted by Crippen LogP contribution is -2.55. The van der Waals surface area contributed by atoms with Crippen LogP contribution in [-0.2, 0) is 20.5 Å². The fourth-order valence-electron chi connectivity index (χ4n) is 4.66. The molecule has 0 aliphatic rings. The van der Waals surface area contributed by atoms with Gasteiger partial charge in [0.25, 0.3) is 5.91 Å². The number of pyridine rings is 1. The van der Waals surface area contributed by atoms with Crippen molar-refractivity contribution in [2.75, 3.05) is 36.7 Å². The largest absolute Gasteiger partial charge is 0.494 e. The molecule has 1 heterocycles. The number of rotatable bonds is 15. The minimum absolute atomic E-state index is 0.0161. The van der Waals surface area contributed by atoms with Crippen molar-refractivity contribution in [3.63, 3.8) is 0 Å². The molecule has 1 aromatic heterocycles. The molecule has 2 aromatic carbocycles. The van der Waals surface area contributed by atoms with Crippen LogP contribution in [0, 0.1) is 16.7 Å². The molecule has 0 bridgehead atoms. The van der Waals surface area contributed by atoms with Gasteiger partial charge >= 0.3 is 6.18 Å². The topological polar surface area (TPSA) is 108 Å². The summed E-state index contributed by atoms with van der Waals surface area (Å²) >= 11 is 5.01. The molecule has 0 radical (unpaired) electrons. The fourth-order valence-corrected chi connectivity index (χ4v) is 4.88. The van der Waals surface area contributed by atoms with E-state index in [2.05, 4.69) is 31.1 Å². The number of hydrogen-bond donors (Lipinski definition) is 1. The van der Waals surface area contributed by atoms with Gasteiger partial charge in [-0.1, -0.05) is 57.3 Å². The highest BCUT2D eigenvalue weighted by atomic mass is 32.1. The Morgan fingerprint density at radius 3 is 2.10 bits per heavy atom. The number of thiocarbonyl (C=S) groups is 1. The van der Waals surface area contributed by atoms with E-state index < -0.39 is 28.9 Å². The molecular formula is C37H44F3N5O4S. The van der Waals surface area contributed by atoms with E-state index in [9.17, 15) is 22.8 Å². The van der Waals surface area contributed by atoms with Gasteiger partial charge in [-0.2, -0.15) is 18.4 Å². The molecule has 1 atom stereocenters. The molecule has 50 heavy (non-hydrogen) atoms. The molecule has 3 aromatic rings. The first kappa shape index (κ1) is 39.9. The molecular weight excluding hydrogens is 667 g/mol. The van der Waals surface area contributed by atoms with Crippen molar-refractivity contribution in [1.82, 2.24) is 10.3 Å². The minimum Gasteiger partial charge on any atom is -0.494 e. The number of carbonyl (C=O) groups is 2. The van der Waals surface area contributed by atoms with Crippen LogP contribution < -0.4 is 19.9 Å². The Balaban J connectivity index is 1.54. The zero-order valence-electron chi connectivity index (χ0n) is 29.4. The van der Waals surface area contributed by atoms with Crippen molar-refractivity contribution >= 4 is 40.9 Å². The van der Waals surface area contributed by atoms with Crippen molar-refractivity contribution in [3.8, 4) is 22.9 Å². The average Bonchev–Trinajstić information content (AvgIpc) is 3.07. The van der Waals surface area contributed by atoms with E-state index in [1.165, 1.54) is 6.07 Å². The monoisotopic (exact) mass is 711 g/mol. The van der Waals surface area contributed by atoms with Crippen LogP contribution in [0.15, 0.2) is 60.8 Å². The second-order valence-corrected chi connectivity index (χ2v) is 13.6. The molecule has 0 spiro atoms. The Hall–Kier alpha value is -4.54. The fraction of sp³-hybridized carbons (Fsp3) is 0.432. The predicted octanol–water partition coefficient (Wildman–Crippen LogP) is 7.57. The maximum atomic E-state index is 13.7. The van der Waals surface area contributed by atoms with E-state index in [0.29, 0.717) is 25.0 Å². The first-order chi connectivity index (χ1) is 23.4. The molecule has 0 aliphatic heterocycles. The first-order valence-corrected chi connectivity index (χ1v) is 16.6. The minimum atomic E-state index is -4.84. The molecule has 3 rings (SSSR count). The van der Waals surface area contributed by atoms with Crippen LogP contribution in [-0.4, -0.2) is 60.7 Å². The maximum absolute atomic E-state index is 13.7. The highest BCUT2D eigenvalue weighted by molar-refractivity contribution is 7.79. The number of benzene rings is 2.